The predicted octanol–water partition coefficient (Wildman–Crippen LogP) is 4.41. The molecule has 2 aliphatic carbocycles. The molecule has 7 heteroatoms. The van der Waals surface area contributed by atoms with Gasteiger partial charge in [-0.15, -0.1) is 13.2 Å². The van der Waals surface area contributed by atoms with Gasteiger partial charge in [0.05, 0.1) is 11.0 Å². The molecule has 27 heavy (non-hydrogen) atoms. The molecule has 4 rings (SSSR count). The Labute approximate surface area is 156 Å². The summed E-state index contributed by atoms with van der Waals surface area (Å²) in [5.41, 5.74) is -0.474. The Kier molecular flexibility index (Phi) is 4.41. The number of carbonyl (C=O) groups is 1. The minimum absolute atomic E-state index is 0.0282. The lowest BCUT2D eigenvalue weighted by molar-refractivity contribution is -0.274. The first-order chi connectivity index (χ1) is 12.7. The summed E-state index contributed by atoms with van der Waals surface area (Å²) < 4.78 is 40.7. The van der Waals surface area contributed by atoms with Crippen LogP contribution in [0.3, 0.4) is 0 Å². The van der Waals surface area contributed by atoms with E-state index in [2.05, 4.69) is 4.74 Å². The Hall–Kier alpha value is -1.76. The average molecular weight is 383 g/mol. The summed E-state index contributed by atoms with van der Waals surface area (Å²) in [5.74, 6) is 0.383. The molecule has 1 N–H and O–H groups in total. The molecule has 3 fully saturated rings. The minimum atomic E-state index is -4.73. The molecule has 1 aliphatic heterocycles. The fourth-order valence-corrected chi connectivity index (χ4v) is 4.62. The van der Waals surface area contributed by atoms with Crippen LogP contribution in [0.4, 0.5) is 18.9 Å². The minimum Gasteiger partial charge on any atom is -0.406 e. The number of hydrogen-bond donors (Lipinski definition) is 1. The van der Waals surface area contributed by atoms with Crippen LogP contribution in [0.25, 0.3) is 0 Å². The first-order valence-corrected chi connectivity index (χ1v) is 9.58. The van der Waals surface area contributed by atoms with E-state index in [9.17, 15) is 23.1 Å². The highest BCUT2D eigenvalue weighted by Crippen LogP contribution is 2.51. The van der Waals surface area contributed by atoms with Crippen LogP contribution < -0.4 is 9.64 Å². The fraction of sp³-hybridized carbons (Fsp3) is 0.650. The molecule has 1 heterocycles. The van der Waals surface area contributed by atoms with Gasteiger partial charge in [0.2, 0.25) is 5.91 Å². The monoisotopic (exact) mass is 383 g/mol. The highest BCUT2D eigenvalue weighted by Gasteiger charge is 2.52. The second kappa shape index (κ2) is 6.40. The Balaban J connectivity index is 1.41. The molecule has 0 bridgehead atoms. The van der Waals surface area contributed by atoms with E-state index in [-0.39, 0.29) is 11.7 Å². The SMILES string of the molecule is O=C1N(c2ccc(OC(F)(F)F)cc2)CC[C@]12CC[C@](O)(CC1CC1)CC2. The number of carbonyl (C=O) groups excluding carboxylic acids is 1. The van der Waals surface area contributed by atoms with Crippen molar-refractivity contribution in [2.45, 2.75) is 63.3 Å². The third kappa shape index (κ3) is 3.93. The van der Waals surface area contributed by atoms with Crippen LogP contribution in [0.2, 0.25) is 0 Å². The van der Waals surface area contributed by atoms with Crippen molar-refractivity contribution in [3.63, 3.8) is 0 Å². The van der Waals surface area contributed by atoms with Gasteiger partial charge in [0.25, 0.3) is 0 Å². The van der Waals surface area contributed by atoms with Gasteiger partial charge in [-0.2, -0.15) is 0 Å². The molecule has 0 radical (unpaired) electrons. The number of hydrogen-bond acceptors (Lipinski definition) is 3. The van der Waals surface area contributed by atoms with Gasteiger partial charge in [0.15, 0.2) is 0 Å². The highest BCUT2D eigenvalue weighted by atomic mass is 19.4. The van der Waals surface area contributed by atoms with Crippen LogP contribution in [0.15, 0.2) is 24.3 Å². The fourth-order valence-electron chi connectivity index (χ4n) is 4.62. The van der Waals surface area contributed by atoms with E-state index in [4.69, 9.17) is 0 Å². The van der Waals surface area contributed by atoms with Crippen molar-refractivity contribution in [2.24, 2.45) is 11.3 Å². The smallest absolute Gasteiger partial charge is 0.406 e. The molecule has 0 atom stereocenters. The lowest BCUT2D eigenvalue weighted by atomic mass is 9.66. The highest BCUT2D eigenvalue weighted by molar-refractivity contribution is 6.00. The third-order valence-corrected chi connectivity index (χ3v) is 6.40. The summed E-state index contributed by atoms with van der Waals surface area (Å²) in [6.07, 6.45) is 1.93. The summed E-state index contributed by atoms with van der Waals surface area (Å²) in [7, 11) is 0. The summed E-state index contributed by atoms with van der Waals surface area (Å²) in [5, 5.41) is 10.8. The van der Waals surface area contributed by atoms with Crippen molar-refractivity contribution in [2.75, 3.05) is 11.4 Å². The number of amides is 1. The third-order valence-electron chi connectivity index (χ3n) is 6.40. The molecule has 1 aromatic carbocycles. The van der Waals surface area contributed by atoms with Gasteiger partial charge in [0.1, 0.15) is 5.75 Å². The average Bonchev–Trinajstić information content (AvgIpc) is 3.34. The first kappa shape index (κ1) is 18.6. The maximum absolute atomic E-state index is 13.1. The summed E-state index contributed by atoms with van der Waals surface area (Å²) in [6, 6.07) is 5.45. The van der Waals surface area contributed by atoms with E-state index in [0.29, 0.717) is 43.8 Å². The van der Waals surface area contributed by atoms with Crippen molar-refractivity contribution in [3.8, 4) is 5.75 Å². The molecular formula is C20H24F3NO3. The molecule has 4 nitrogen and oxygen atoms in total. The standard InChI is InChI=1S/C20H24F3NO3/c21-20(22,23)27-16-5-3-15(4-6-16)24-12-11-18(17(24)25)7-9-19(26,10-8-18)13-14-1-2-14/h3-6,14,26H,1-2,7-13H2/t18-,19-. The Morgan fingerprint density at radius 1 is 1.07 bits per heavy atom. The molecule has 0 unspecified atom stereocenters. The Morgan fingerprint density at radius 3 is 2.26 bits per heavy atom. The van der Waals surface area contributed by atoms with Crippen molar-refractivity contribution < 1.29 is 27.8 Å². The molecule has 148 valence electrons. The van der Waals surface area contributed by atoms with E-state index < -0.39 is 17.4 Å². The molecular weight excluding hydrogens is 359 g/mol. The summed E-state index contributed by atoms with van der Waals surface area (Å²) in [6.45, 7) is 0.555. The van der Waals surface area contributed by atoms with Crippen molar-refractivity contribution in [1.82, 2.24) is 0 Å². The van der Waals surface area contributed by atoms with E-state index in [1.165, 1.54) is 37.1 Å². The molecule has 1 aromatic rings. The number of benzene rings is 1. The number of ether oxygens (including phenoxy) is 1. The molecule has 1 saturated heterocycles. The van der Waals surface area contributed by atoms with Gasteiger partial charge in [-0.1, -0.05) is 12.8 Å². The van der Waals surface area contributed by atoms with Gasteiger partial charge < -0.3 is 14.7 Å². The van der Waals surface area contributed by atoms with Crippen molar-refractivity contribution >= 4 is 11.6 Å². The second-order valence-electron chi connectivity index (χ2n) is 8.40. The number of alkyl halides is 3. The number of rotatable bonds is 4. The zero-order valence-corrected chi connectivity index (χ0v) is 15.1. The Morgan fingerprint density at radius 2 is 1.70 bits per heavy atom. The van der Waals surface area contributed by atoms with Crippen LogP contribution in [0, 0.1) is 11.3 Å². The first-order valence-electron chi connectivity index (χ1n) is 9.58. The van der Waals surface area contributed by atoms with E-state index in [0.717, 1.165) is 12.8 Å². The predicted molar refractivity (Wildman–Crippen MR) is 93.3 cm³/mol. The molecule has 0 aromatic heterocycles. The second-order valence-corrected chi connectivity index (χ2v) is 8.40. The lowest BCUT2D eigenvalue weighted by Crippen LogP contribution is -2.43. The number of halogens is 3. The number of anilines is 1. The maximum Gasteiger partial charge on any atom is 0.573 e. The van der Waals surface area contributed by atoms with Gasteiger partial charge in [-0.25, -0.2) is 0 Å². The lowest BCUT2D eigenvalue weighted by Gasteiger charge is -2.41. The van der Waals surface area contributed by atoms with E-state index in [1.54, 1.807) is 4.90 Å². The molecule has 1 spiro atoms. The molecule has 3 aliphatic rings. The largest absolute Gasteiger partial charge is 0.573 e. The van der Waals surface area contributed by atoms with Crippen LogP contribution in [0.5, 0.6) is 5.75 Å². The van der Waals surface area contributed by atoms with E-state index in [1.807, 2.05) is 0 Å². The number of aliphatic hydroxyl groups is 1. The van der Waals surface area contributed by atoms with Crippen molar-refractivity contribution in [1.29, 1.82) is 0 Å². The molecule has 2 saturated carbocycles. The molecule has 1 amide bonds. The van der Waals surface area contributed by atoms with Crippen LogP contribution in [0.1, 0.15) is 51.4 Å². The van der Waals surface area contributed by atoms with Gasteiger partial charge in [0, 0.05) is 12.2 Å². The summed E-state index contributed by atoms with van der Waals surface area (Å²) >= 11 is 0. The maximum atomic E-state index is 13.1. The van der Waals surface area contributed by atoms with Crippen molar-refractivity contribution in [3.05, 3.63) is 24.3 Å². The summed E-state index contributed by atoms with van der Waals surface area (Å²) in [4.78, 5) is 14.7. The van der Waals surface area contributed by atoms with Crippen LogP contribution in [-0.2, 0) is 4.79 Å². The quantitative estimate of drug-likeness (QED) is 0.838. The number of nitrogens with zero attached hydrogens (tertiary/aromatic N) is 1. The van der Waals surface area contributed by atoms with Gasteiger partial charge in [-0.05, 0) is 68.7 Å². The van der Waals surface area contributed by atoms with Gasteiger partial charge in [-0.3, -0.25) is 4.79 Å². The van der Waals surface area contributed by atoms with Gasteiger partial charge >= 0.3 is 6.36 Å². The zero-order chi connectivity index (χ0) is 19.3. The van der Waals surface area contributed by atoms with Crippen LogP contribution >= 0.6 is 0 Å². The Bertz CT molecular complexity index is 704. The van der Waals surface area contributed by atoms with Crippen LogP contribution in [-0.4, -0.2) is 29.5 Å². The normalized spacial score (nSPS) is 31.6. The van der Waals surface area contributed by atoms with E-state index >= 15 is 0 Å². The topological polar surface area (TPSA) is 49.8 Å². The zero-order valence-electron chi connectivity index (χ0n) is 15.1.